The summed E-state index contributed by atoms with van der Waals surface area (Å²) in [4.78, 5) is 26.6. The number of nitrogens with zero attached hydrogens (tertiary/aromatic N) is 1. The molecule has 17 heavy (non-hydrogen) atoms. The van der Waals surface area contributed by atoms with Crippen molar-refractivity contribution in [3.8, 4) is 0 Å². The summed E-state index contributed by atoms with van der Waals surface area (Å²) in [5.41, 5.74) is 0.280. The van der Waals surface area contributed by atoms with Crippen LogP contribution in [0.15, 0.2) is 5.38 Å². The Morgan fingerprint density at radius 2 is 2.35 bits per heavy atom. The van der Waals surface area contributed by atoms with Crippen molar-refractivity contribution in [2.45, 2.75) is 19.4 Å². The lowest BCUT2D eigenvalue weighted by molar-refractivity contribution is -0.139. The first-order chi connectivity index (χ1) is 8.04. The molecule has 1 amide bonds. The number of carboxylic acid groups (broad SMARTS) is 1. The molecule has 1 heterocycles. The van der Waals surface area contributed by atoms with Crippen LogP contribution in [0.2, 0.25) is 0 Å². The zero-order chi connectivity index (χ0) is 12.8. The van der Waals surface area contributed by atoms with E-state index in [2.05, 4.69) is 10.3 Å². The number of nitrogens with one attached hydrogen (secondary N) is 1. The fourth-order valence-electron chi connectivity index (χ4n) is 1.19. The first-order valence-corrected chi connectivity index (χ1v) is 7.26. The summed E-state index contributed by atoms with van der Waals surface area (Å²) in [7, 11) is 0. The average molecular weight is 274 g/mol. The third-order valence-corrected chi connectivity index (χ3v) is 3.48. The Hall–Kier alpha value is -1.08. The molecule has 0 saturated heterocycles. The molecule has 0 aliphatic carbocycles. The van der Waals surface area contributed by atoms with Crippen LogP contribution in [-0.2, 0) is 4.79 Å². The van der Waals surface area contributed by atoms with E-state index in [0.29, 0.717) is 12.2 Å². The first kappa shape index (κ1) is 14.0. The van der Waals surface area contributed by atoms with Gasteiger partial charge in [0.1, 0.15) is 11.7 Å². The van der Waals surface area contributed by atoms with Gasteiger partial charge in [-0.2, -0.15) is 11.8 Å². The molecule has 0 aliphatic heterocycles. The summed E-state index contributed by atoms with van der Waals surface area (Å²) in [5, 5.41) is 13.8. The minimum atomic E-state index is -1.01. The van der Waals surface area contributed by atoms with E-state index in [1.165, 1.54) is 11.3 Å². The molecule has 0 fully saturated rings. The summed E-state index contributed by atoms with van der Waals surface area (Å²) in [6.45, 7) is 1.80. The Labute approximate surface area is 108 Å². The van der Waals surface area contributed by atoms with Crippen molar-refractivity contribution in [2.24, 2.45) is 0 Å². The van der Waals surface area contributed by atoms with E-state index < -0.39 is 17.9 Å². The minimum Gasteiger partial charge on any atom is -0.480 e. The van der Waals surface area contributed by atoms with E-state index in [9.17, 15) is 9.59 Å². The van der Waals surface area contributed by atoms with E-state index in [4.69, 9.17) is 5.11 Å². The molecule has 0 unspecified atom stereocenters. The molecule has 7 heteroatoms. The van der Waals surface area contributed by atoms with Gasteiger partial charge in [0.25, 0.3) is 5.91 Å². The Kier molecular flexibility index (Phi) is 5.43. The van der Waals surface area contributed by atoms with Crippen LogP contribution < -0.4 is 5.32 Å². The Bertz CT molecular complexity index is 406. The van der Waals surface area contributed by atoms with Crippen LogP contribution in [0, 0.1) is 6.92 Å². The van der Waals surface area contributed by atoms with Crippen LogP contribution in [0.4, 0.5) is 0 Å². The number of thiazole rings is 1. The van der Waals surface area contributed by atoms with Crippen molar-refractivity contribution in [1.29, 1.82) is 0 Å². The van der Waals surface area contributed by atoms with E-state index in [0.717, 1.165) is 5.01 Å². The number of hydrogen-bond acceptors (Lipinski definition) is 5. The molecule has 1 aromatic heterocycles. The number of aryl methyl sites for hydroxylation is 1. The lowest BCUT2D eigenvalue weighted by Gasteiger charge is -2.12. The smallest absolute Gasteiger partial charge is 0.326 e. The van der Waals surface area contributed by atoms with Crippen molar-refractivity contribution < 1.29 is 14.7 Å². The molecule has 0 aromatic carbocycles. The zero-order valence-electron chi connectivity index (χ0n) is 9.60. The lowest BCUT2D eigenvalue weighted by Crippen LogP contribution is -2.41. The van der Waals surface area contributed by atoms with Gasteiger partial charge in [-0.25, -0.2) is 9.78 Å². The molecule has 5 nitrogen and oxygen atoms in total. The second-order valence-electron chi connectivity index (χ2n) is 3.40. The van der Waals surface area contributed by atoms with Crippen LogP contribution in [0.3, 0.4) is 0 Å². The van der Waals surface area contributed by atoms with Gasteiger partial charge in [0.05, 0.1) is 5.01 Å². The van der Waals surface area contributed by atoms with Gasteiger partial charge >= 0.3 is 5.97 Å². The number of carboxylic acids is 1. The van der Waals surface area contributed by atoms with Crippen LogP contribution in [0.25, 0.3) is 0 Å². The molecule has 1 aromatic rings. The second-order valence-corrected chi connectivity index (χ2v) is 5.45. The van der Waals surface area contributed by atoms with Crippen LogP contribution >= 0.6 is 23.1 Å². The van der Waals surface area contributed by atoms with E-state index in [1.54, 1.807) is 24.1 Å². The minimum absolute atomic E-state index is 0.280. The van der Waals surface area contributed by atoms with Crippen LogP contribution in [0.1, 0.15) is 21.9 Å². The third kappa shape index (κ3) is 4.35. The summed E-state index contributed by atoms with van der Waals surface area (Å²) >= 11 is 2.91. The molecule has 0 saturated carbocycles. The highest BCUT2D eigenvalue weighted by Crippen LogP contribution is 2.08. The molecule has 0 bridgehead atoms. The number of aromatic nitrogens is 1. The number of amides is 1. The summed E-state index contributed by atoms with van der Waals surface area (Å²) in [6.07, 6.45) is 2.30. The third-order valence-electron chi connectivity index (χ3n) is 2.07. The summed E-state index contributed by atoms with van der Waals surface area (Å²) < 4.78 is 0. The lowest BCUT2D eigenvalue weighted by atomic mass is 10.2. The van der Waals surface area contributed by atoms with Gasteiger partial charge < -0.3 is 10.4 Å². The SMILES string of the molecule is CSCC[C@H](NC(=O)c1csc(C)n1)C(=O)O. The molecule has 0 aliphatic rings. The maximum absolute atomic E-state index is 11.7. The maximum Gasteiger partial charge on any atom is 0.326 e. The van der Waals surface area contributed by atoms with E-state index in [1.807, 2.05) is 6.26 Å². The van der Waals surface area contributed by atoms with Crippen LogP contribution in [0.5, 0.6) is 0 Å². The topological polar surface area (TPSA) is 79.3 Å². The Morgan fingerprint density at radius 3 is 2.82 bits per heavy atom. The molecule has 1 rings (SSSR count). The number of hydrogen-bond donors (Lipinski definition) is 2. The maximum atomic E-state index is 11.7. The van der Waals surface area contributed by atoms with Gasteiger partial charge in [0.2, 0.25) is 0 Å². The zero-order valence-corrected chi connectivity index (χ0v) is 11.2. The number of thioether (sulfide) groups is 1. The molecule has 0 spiro atoms. The molecule has 0 radical (unpaired) electrons. The van der Waals surface area contributed by atoms with Gasteiger partial charge in [-0.05, 0) is 25.4 Å². The normalized spacial score (nSPS) is 12.1. The molecule has 1 atom stereocenters. The van der Waals surface area contributed by atoms with Crippen molar-refractivity contribution in [2.75, 3.05) is 12.0 Å². The average Bonchev–Trinajstić information content (AvgIpc) is 2.70. The predicted molar refractivity (Wildman–Crippen MR) is 68.7 cm³/mol. The summed E-state index contributed by atoms with van der Waals surface area (Å²) in [6, 6.07) is -0.850. The summed E-state index contributed by atoms with van der Waals surface area (Å²) in [5.74, 6) is -0.755. The van der Waals surface area contributed by atoms with Gasteiger partial charge in [0.15, 0.2) is 0 Å². The number of carbonyl (C=O) groups is 2. The fraction of sp³-hybridized carbons (Fsp3) is 0.500. The first-order valence-electron chi connectivity index (χ1n) is 4.99. The van der Waals surface area contributed by atoms with Gasteiger partial charge in [-0.15, -0.1) is 11.3 Å². The van der Waals surface area contributed by atoms with Crippen molar-refractivity contribution in [3.63, 3.8) is 0 Å². The largest absolute Gasteiger partial charge is 0.480 e. The van der Waals surface area contributed by atoms with Crippen molar-refractivity contribution >= 4 is 35.0 Å². The van der Waals surface area contributed by atoms with Crippen LogP contribution in [-0.4, -0.2) is 40.0 Å². The van der Waals surface area contributed by atoms with Crippen molar-refractivity contribution in [1.82, 2.24) is 10.3 Å². The Morgan fingerprint density at radius 1 is 1.65 bits per heavy atom. The van der Waals surface area contributed by atoms with Crippen molar-refractivity contribution in [3.05, 3.63) is 16.1 Å². The van der Waals surface area contributed by atoms with Gasteiger partial charge in [0, 0.05) is 5.38 Å². The highest BCUT2D eigenvalue weighted by molar-refractivity contribution is 7.98. The number of carbonyl (C=O) groups excluding carboxylic acids is 1. The molecule has 2 N–H and O–H groups in total. The number of aliphatic carboxylic acids is 1. The Balaban J connectivity index is 2.60. The van der Waals surface area contributed by atoms with Gasteiger partial charge in [-0.1, -0.05) is 0 Å². The molecule has 94 valence electrons. The monoisotopic (exact) mass is 274 g/mol. The quantitative estimate of drug-likeness (QED) is 0.819. The second kappa shape index (κ2) is 6.61. The predicted octanol–water partition coefficient (Wildman–Crippen LogP) is 1.39. The molecular formula is C10H14N2O3S2. The standard InChI is InChI=1S/C10H14N2O3S2/c1-6-11-8(5-17-6)9(13)12-7(10(14)15)3-4-16-2/h5,7H,3-4H2,1-2H3,(H,12,13)(H,14,15)/t7-/m0/s1. The molecular weight excluding hydrogens is 260 g/mol. The van der Waals surface area contributed by atoms with E-state index in [-0.39, 0.29) is 5.69 Å². The highest BCUT2D eigenvalue weighted by Gasteiger charge is 2.21. The van der Waals surface area contributed by atoms with E-state index >= 15 is 0 Å². The fourth-order valence-corrected chi connectivity index (χ4v) is 2.26. The van der Waals surface area contributed by atoms with Gasteiger partial charge in [-0.3, -0.25) is 4.79 Å². The highest BCUT2D eigenvalue weighted by atomic mass is 32.2. The number of rotatable bonds is 6.